The Bertz CT molecular complexity index is 233. The molecule has 0 spiro atoms. The fourth-order valence-electron chi connectivity index (χ4n) is 0.439. The van der Waals surface area contributed by atoms with E-state index in [1.54, 1.807) is 12.1 Å². The van der Waals surface area contributed by atoms with Gasteiger partial charge in [-0.2, -0.15) is 0 Å². The minimum atomic E-state index is -0.673. The Morgan fingerprint density at radius 2 is 1.00 bits per heavy atom. The van der Waals surface area contributed by atoms with Crippen molar-refractivity contribution in [2.24, 2.45) is 0 Å². The Kier molecular flexibility index (Phi) is 8.71. The van der Waals surface area contributed by atoms with E-state index in [-0.39, 0.29) is 0 Å². The second kappa shape index (κ2) is 8.15. The molecule has 0 fully saturated rings. The fraction of sp³-hybridized carbons (Fsp3) is 0.250. The van der Waals surface area contributed by atoms with Crippen molar-refractivity contribution in [3.05, 3.63) is 34.3 Å². The molecule has 0 aliphatic rings. The average molecular weight is 315 g/mol. The molecule has 0 heterocycles. The van der Waals surface area contributed by atoms with Gasteiger partial charge in [0.25, 0.3) is 0 Å². The zero-order valence-electron chi connectivity index (χ0n) is 6.73. The molecule has 0 aliphatic carbocycles. The topological polar surface area (TPSA) is 0 Å². The third-order valence-corrected chi connectivity index (χ3v) is 3.29. The van der Waals surface area contributed by atoms with Gasteiger partial charge in [0, 0.05) is 0 Å². The van der Waals surface area contributed by atoms with Gasteiger partial charge in [-0.25, -0.2) is 0 Å². The Morgan fingerprint density at radius 3 is 1.14 bits per heavy atom. The molecular formula is C8H6Cl6. The van der Waals surface area contributed by atoms with Crippen LogP contribution in [0.2, 0.25) is 10.0 Å². The van der Waals surface area contributed by atoms with Crippen LogP contribution in [0.1, 0.15) is 0 Å². The maximum Gasteiger partial charge on any atom is 0.137 e. The molecule has 80 valence electrons. The summed E-state index contributed by atoms with van der Waals surface area (Å²) in [6.07, 6.45) is 0. The summed E-state index contributed by atoms with van der Waals surface area (Å²) in [5.74, 6) is 0. The van der Waals surface area contributed by atoms with Gasteiger partial charge < -0.3 is 0 Å². The van der Waals surface area contributed by atoms with Gasteiger partial charge in [0.15, 0.2) is 0 Å². The highest BCUT2D eigenvalue weighted by molar-refractivity contribution is 6.56. The van der Waals surface area contributed by atoms with Gasteiger partial charge in [0.2, 0.25) is 0 Å². The summed E-state index contributed by atoms with van der Waals surface area (Å²) in [7, 11) is 0. The molecule has 0 aromatic heterocycles. The van der Waals surface area contributed by atoms with Crippen LogP contribution in [0.4, 0.5) is 0 Å². The van der Waals surface area contributed by atoms with Crippen LogP contribution in [0.25, 0.3) is 0 Å². The molecule has 14 heavy (non-hydrogen) atoms. The molecular weight excluding hydrogens is 309 g/mol. The van der Waals surface area contributed by atoms with Crippen molar-refractivity contribution >= 4 is 69.6 Å². The van der Waals surface area contributed by atoms with Crippen LogP contribution in [-0.2, 0) is 0 Å². The van der Waals surface area contributed by atoms with E-state index in [0.29, 0.717) is 10.0 Å². The van der Waals surface area contributed by atoms with E-state index in [1.807, 2.05) is 12.1 Å². The Labute approximate surface area is 113 Å². The first-order valence-electron chi connectivity index (χ1n) is 3.41. The van der Waals surface area contributed by atoms with Crippen molar-refractivity contribution in [3.63, 3.8) is 0 Å². The van der Waals surface area contributed by atoms with Crippen LogP contribution in [0.3, 0.4) is 0 Å². The van der Waals surface area contributed by atoms with Crippen LogP contribution in [0, 0.1) is 0 Å². The lowest BCUT2D eigenvalue weighted by Crippen LogP contribution is -1.96. The SMILES string of the molecule is ClC(Cl)C(Cl)Cl.Clc1ccccc1Cl. The van der Waals surface area contributed by atoms with Crippen LogP contribution < -0.4 is 0 Å². The molecule has 1 aromatic rings. The number of halogens is 6. The summed E-state index contributed by atoms with van der Waals surface area (Å²) < 4.78 is 0. The highest BCUT2D eigenvalue weighted by Crippen LogP contribution is 2.19. The molecule has 6 heteroatoms. The Morgan fingerprint density at radius 1 is 0.714 bits per heavy atom. The molecule has 0 saturated carbocycles. The van der Waals surface area contributed by atoms with Gasteiger partial charge in [-0.3, -0.25) is 0 Å². The van der Waals surface area contributed by atoms with Crippen molar-refractivity contribution in [3.8, 4) is 0 Å². The molecule has 1 aromatic carbocycles. The summed E-state index contributed by atoms with van der Waals surface area (Å²) in [6.45, 7) is 0. The Balaban J connectivity index is 0.000000255. The van der Waals surface area contributed by atoms with Crippen molar-refractivity contribution in [1.29, 1.82) is 0 Å². The van der Waals surface area contributed by atoms with E-state index < -0.39 is 9.67 Å². The maximum atomic E-state index is 5.58. The van der Waals surface area contributed by atoms with E-state index in [1.165, 1.54) is 0 Å². The van der Waals surface area contributed by atoms with Crippen molar-refractivity contribution in [2.45, 2.75) is 9.67 Å². The third-order valence-electron chi connectivity index (χ3n) is 1.01. The number of rotatable bonds is 1. The van der Waals surface area contributed by atoms with E-state index >= 15 is 0 Å². The molecule has 0 saturated heterocycles. The smallest absolute Gasteiger partial charge is 0.102 e. The summed E-state index contributed by atoms with van der Waals surface area (Å²) in [5.41, 5.74) is 0. The number of alkyl halides is 4. The number of hydrogen-bond donors (Lipinski definition) is 0. The minimum Gasteiger partial charge on any atom is -0.102 e. The zero-order valence-corrected chi connectivity index (χ0v) is 11.3. The minimum absolute atomic E-state index is 0.606. The van der Waals surface area contributed by atoms with E-state index in [9.17, 15) is 0 Å². The van der Waals surface area contributed by atoms with Crippen molar-refractivity contribution in [2.75, 3.05) is 0 Å². The van der Waals surface area contributed by atoms with Crippen LogP contribution >= 0.6 is 69.6 Å². The predicted octanol–water partition coefficient (Wildman–Crippen LogP) is 5.59. The van der Waals surface area contributed by atoms with E-state index in [4.69, 9.17) is 69.6 Å². The standard InChI is InChI=1S/C6H4Cl2.C2H2Cl4/c7-5-3-1-2-4-6(5)8;3-1(4)2(5)6/h1-4H;1-2H. The largest absolute Gasteiger partial charge is 0.137 e. The molecule has 0 radical (unpaired) electrons. The van der Waals surface area contributed by atoms with Crippen molar-refractivity contribution < 1.29 is 0 Å². The molecule has 0 atom stereocenters. The van der Waals surface area contributed by atoms with Crippen LogP contribution in [0.5, 0.6) is 0 Å². The second-order valence-corrected chi connectivity index (χ2v) is 5.22. The van der Waals surface area contributed by atoms with Crippen LogP contribution in [-0.4, -0.2) is 9.67 Å². The first-order chi connectivity index (χ1) is 6.45. The van der Waals surface area contributed by atoms with Crippen LogP contribution in [0.15, 0.2) is 24.3 Å². The summed E-state index contributed by atoms with van der Waals surface area (Å²) >= 11 is 31.6. The molecule has 0 N–H and O–H groups in total. The number of hydrogen-bond acceptors (Lipinski definition) is 0. The highest BCUT2D eigenvalue weighted by Gasteiger charge is 2.06. The lowest BCUT2D eigenvalue weighted by Gasteiger charge is -1.95. The third kappa shape index (κ3) is 7.28. The monoisotopic (exact) mass is 312 g/mol. The molecule has 0 bridgehead atoms. The second-order valence-electron chi connectivity index (χ2n) is 2.08. The summed E-state index contributed by atoms with van der Waals surface area (Å²) in [4.78, 5) is -1.35. The van der Waals surface area contributed by atoms with Gasteiger partial charge in [-0.05, 0) is 12.1 Å². The lowest BCUT2D eigenvalue weighted by molar-refractivity contribution is 1.29. The van der Waals surface area contributed by atoms with Gasteiger partial charge >= 0.3 is 0 Å². The summed E-state index contributed by atoms with van der Waals surface area (Å²) in [6, 6.07) is 7.19. The molecule has 0 aliphatic heterocycles. The molecule has 0 nitrogen and oxygen atoms in total. The lowest BCUT2D eigenvalue weighted by atomic mass is 10.4. The fourth-order valence-corrected chi connectivity index (χ4v) is 0.711. The van der Waals surface area contributed by atoms with Crippen molar-refractivity contribution in [1.82, 2.24) is 0 Å². The van der Waals surface area contributed by atoms with Gasteiger partial charge in [0.1, 0.15) is 9.67 Å². The zero-order chi connectivity index (χ0) is 11.1. The van der Waals surface area contributed by atoms with E-state index in [2.05, 4.69) is 0 Å². The predicted molar refractivity (Wildman–Crippen MR) is 67.5 cm³/mol. The molecule has 1 rings (SSSR count). The summed E-state index contributed by atoms with van der Waals surface area (Å²) in [5, 5.41) is 1.21. The average Bonchev–Trinajstić information content (AvgIpc) is 2.11. The quantitative estimate of drug-likeness (QED) is 0.593. The first kappa shape index (κ1) is 15.0. The van der Waals surface area contributed by atoms with Gasteiger partial charge in [0.05, 0.1) is 10.0 Å². The van der Waals surface area contributed by atoms with Gasteiger partial charge in [-0.15, -0.1) is 46.4 Å². The first-order valence-corrected chi connectivity index (χ1v) is 5.91. The maximum absolute atomic E-state index is 5.58. The van der Waals surface area contributed by atoms with Gasteiger partial charge in [-0.1, -0.05) is 35.3 Å². The highest BCUT2D eigenvalue weighted by atomic mass is 35.5. The number of benzene rings is 1. The van der Waals surface area contributed by atoms with E-state index in [0.717, 1.165) is 0 Å². The normalized spacial score (nSPS) is 10.0. The molecule has 0 amide bonds. The molecule has 0 unspecified atom stereocenters. The Hall–Kier alpha value is 0.960.